The van der Waals surface area contributed by atoms with Crippen LogP contribution >= 0.6 is 23.1 Å². The molecule has 0 radical (unpaired) electrons. The van der Waals surface area contributed by atoms with Gasteiger partial charge < -0.3 is 0 Å². The number of aromatic nitrogens is 1. The summed E-state index contributed by atoms with van der Waals surface area (Å²) in [5.74, 6) is -0.0311. The van der Waals surface area contributed by atoms with Gasteiger partial charge in [-0.1, -0.05) is 59.9 Å². The molecule has 0 saturated carbocycles. The molecule has 28 heavy (non-hydrogen) atoms. The lowest BCUT2D eigenvalue weighted by Crippen LogP contribution is -2.30. The lowest BCUT2D eigenvalue weighted by atomic mass is 10.1. The fourth-order valence-corrected chi connectivity index (χ4v) is 4.59. The van der Waals surface area contributed by atoms with Gasteiger partial charge in [-0.15, -0.1) is 11.8 Å². The average Bonchev–Trinajstić information content (AvgIpc) is 3.18. The minimum atomic E-state index is -0.0311. The molecule has 1 amide bonds. The molecular formula is C23H20N2OS2. The minimum Gasteiger partial charge on any atom is -0.279 e. The Balaban J connectivity index is 1.78. The molecule has 3 aromatic carbocycles. The summed E-state index contributed by atoms with van der Waals surface area (Å²) in [7, 11) is 0. The third kappa shape index (κ3) is 3.81. The second kappa shape index (κ2) is 8.17. The van der Waals surface area contributed by atoms with Crippen molar-refractivity contribution in [3.63, 3.8) is 0 Å². The molecule has 4 rings (SSSR count). The largest absolute Gasteiger partial charge is 0.279 e. The Kier molecular flexibility index (Phi) is 5.46. The second-order valence-electron chi connectivity index (χ2n) is 6.53. The number of anilines is 1. The number of hydrogen-bond donors (Lipinski definition) is 0. The van der Waals surface area contributed by atoms with Crippen LogP contribution in [0.25, 0.3) is 10.2 Å². The lowest BCUT2D eigenvalue weighted by Gasteiger charge is -2.20. The second-order valence-corrected chi connectivity index (χ2v) is 8.42. The van der Waals surface area contributed by atoms with Gasteiger partial charge >= 0.3 is 0 Å². The number of thiazole rings is 1. The van der Waals surface area contributed by atoms with Gasteiger partial charge in [-0.2, -0.15) is 0 Å². The van der Waals surface area contributed by atoms with E-state index in [2.05, 4.69) is 19.1 Å². The Morgan fingerprint density at radius 3 is 2.57 bits per heavy atom. The Hall–Kier alpha value is -2.63. The number of carbonyl (C=O) groups excluding carboxylic acids is 1. The van der Waals surface area contributed by atoms with Gasteiger partial charge in [-0.05, 0) is 48.6 Å². The summed E-state index contributed by atoms with van der Waals surface area (Å²) in [6, 6.07) is 24.0. The SMILES string of the molecule is CSc1cccc(C(=O)N(Cc2ccccc2)c2nc3c(C)cccc3s2)c1. The normalized spacial score (nSPS) is 10.9. The predicted molar refractivity (Wildman–Crippen MR) is 120 cm³/mol. The molecule has 0 saturated heterocycles. The molecule has 0 fully saturated rings. The van der Waals surface area contributed by atoms with Crippen molar-refractivity contribution in [3.05, 3.63) is 89.5 Å². The molecule has 0 bridgehead atoms. The molecule has 5 heteroatoms. The van der Waals surface area contributed by atoms with Crippen molar-refractivity contribution in [1.29, 1.82) is 0 Å². The molecule has 0 aliphatic heterocycles. The Bertz CT molecular complexity index is 1120. The molecule has 0 aliphatic rings. The third-order valence-corrected chi connectivity index (χ3v) is 6.35. The standard InChI is InChI=1S/C23H20N2OS2/c1-16-8-6-13-20-21(16)24-23(28-20)25(15-17-9-4-3-5-10-17)22(26)18-11-7-12-19(14-18)27-2/h3-14H,15H2,1-2H3. The van der Waals surface area contributed by atoms with Crippen LogP contribution in [0.3, 0.4) is 0 Å². The number of fused-ring (bicyclic) bond motifs is 1. The van der Waals surface area contributed by atoms with Crippen LogP contribution in [-0.2, 0) is 6.54 Å². The van der Waals surface area contributed by atoms with Gasteiger partial charge in [0.1, 0.15) is 0 Å². The van der Waals surface area contributed by atoms with Gasteiger partial charge in [0.2, 0.25) is 0 Å². The van der Waals surface area contributed by atoms with Crippen LogP contribution < -0.4 is 4.90 Å². The summed E-state index contributed by atoms with van der Waals surface area (Å²) in [4.78, 5) is 21.1. The molecule has 0 atom stereocenters. The van der Waals surface area contributed by atoms with Crippen LogP contribution in [0, 0.1) is 6.92 Å². The molecular weight excluding hydrogens is 384 g/mol. The van der Waals surface area contributed by atoms with Gasteiger partial charge in [0, 0.05) is 10.5 Å². The highest BCUT2D eigenvalue weighted by Gasteiger charge is 2.22. The molecule has 4 aromatic rings. The maximum Gasteiger partial charge on any atom is 0.260 e. The maximum absolute atomic E-state index is 13.5. The molecule has 0 N–H and O–H groups in total. The maximum atomic E-state index is 13.5. The van der Waals surface area contributed by atoms with Crippen LogP contribution in [0.15, 0.2) is 77.7 Å². The van der Waals surface area contributed by atoms with Crippen molar-refractivity contribution in [2.24, 2.45) is 0 Å². The summed E-state index contributed by atoms with van der Waals surface area (Å²) in [5, 5.41) is 0.729. The number of carbonyl (C=O) groups is 1. The molecule has 0 spiro atoms. The van der Waals surface area contributed by atoms with Crippen molar-refractivity contribution in [3.8, 4) is 0 Å². The average molecular weight is 405 g/mol. The van der Waals surface area contributed by atoms with Crippen molar-refractivity contribution in [1.82, 2.24) is 4.98 Å². The first-order valence-electron chi connectivity index (χ1n) is 9.02. The summed E-state index contributed by atoms with van der Waals surface area (Å²) < 4.78 is 1.10. The fraction of sp³-hybridized carbons (Fsp3) is 0.130. The first kappa shape index (κ1) is 18.7. The van der Waals surface area contributed by atoms with E-state index in [9.17, 15) is 4.79 Å². The molecule has 1 heterocycles. The van der Waals surface area contributed by atoms with E-state index in [1.54, 1.807) is 28.0 Å². The number of benzene rings is 3. The van der Waals surface area contributed by atoms with E-state index < -0.39 is 0 Å². The summed E-state index contributed by atoms with van der Waals surface area (Å²) in [6.07, 6.45) is 2.02. The first-order valence-corrected chi connectivity index (χ1v) is 11.1. The van der Waals surface area contributed by atoms with Crippen molar-refractivity contribution in [2.75, 3.05) is 11.2 Å². The molecule has 0 aliphatic carbocycles. The zero-order chi connectivity index (χ0) is 19.5. The van der Waals surface area contributed by atoms with Gasteiger partial charge in [0.15, 0.2) is 5.13 Å². The number of hydrogen-bond acceptors (Lipinski definition) is 4. The van der Waals surface area contributed by atoms with Gasteiger partial charge in [0.05, 0.1) is 16.8 Å². The topological polar surface area (TPSA) is 33.2 Å². The Morgan fingerprint density at radius 1 is 1.04 bits per heavy atom. The lowest BCUT2D eigenvalue weighted by molar-refractivity contribution is 0.0985. The highest BCUT2D eigenvalue weighted by Crippen LogP contribution is 2.32. The molecule has 1 aromatic heterocycles. The monoisotopic (exact) mass is 404 g/mol. The Labute approximate surface area is 173 Å². The molecule has 140 valence electrons. The first-order chi connectivity index (χ1) is 13.7. The van der Waals surface area contributed by atoms with Crippen molar-refractivity contribution >= 4 is 44.4 Å². The van der Waals surface area contributed by atoms with Crippen LogP contribution in [0.2, 0.25) is 0 Å². The summed E-state index contributed by atoms with van der Waals surface area (Å²) >= 11 is 3.19. The number of para-hydroxylation sites is 1. The highest BCUT2D eigenvalue weighted by molar-refractivity contribution is 7.98. The van der Waals surface area contributed by atoms with Crippen LogP contribution in [0.5, 0.6) is 0 Å². The van der Waals surface area contributed by atoms with Crippen molar-refractivity contribution in [2.45, 2.75) is 18.4 Å². The van der Waals surface area contributed by atoms with E-state index >= 15 is 0 Å². The van der Waals surface area contributed by atoms with Crippen molar-refractivity contribution < 1.29 is 4.79 Å². The summed E-state index contributed by atoms with van der Waals surface area (Å²) in [5.41, 5.74) is 3.84. The quantitative estimate of drug-likeness (QED) is 0.373. The Morgan fingerprint density at radius 2 is 1.82 bits per heavy atom. The fourth-order valence-electron chi connectivity index (χ4n) is 3.09. The molecule has 0 unspecified atom stereocenters. The van der Waals surface area contributed by atoms with E-state index in [4.69, 9.17) is 4.98 Å². The van der Waals surface area contributed by atoms with Gasteiger partial charge in [-0.25, -0.2) is 4.98 Å². The van der Waals surface area contributed by atoms with Crippen LogP contribution in [0.4, 0.5) is 5.13 Å². The zero-order valence-electron chi connectivity index (χ0n) is 15.8. The van der Waals surface area contributed by atoms with E-state index in [0.717, 1.165) is 31.4 Å². The highest BCUT2D eigenvalue weighted by atomic mass is 32.2. The number of amides is 1. The van der Waals surface area contributed by atoms with Gasteiger partial charge in [0.25, 0.3) is 5.91 Å². The third-order valence-electron chi connectivity index (χ3n) is 4.59. The number of nitrogens with zero attached hydrogens (tertiary/aromatic N) is 2. The number of rotatable bonds is 5. The minimum absolute atomic E-state index is 0.0311. The molecule has 3 nitrogen and oxygen atoms in total. The number of aryl methyl sites for hydroxylation is 1. The smallest absolute Gasteiger partial charge is 0.260 e. The zero-order valence-corrected chi connectivity index (χ0v) is 17.4. The van der Waals surface area contributed by atoms with E-state index in [1.165, 1.54) is 0 Å². The number of thioether (sulfide) groups is 1. The van der Waals surface area contributed by atoms with Crippen LogP contribution in [0.1, 0.15) is 21.5 Å². The van der Waals surface area contributed by atoms with Crippen LogP contribution in [-0.4, -0.2) is 17.1 Å². The van der Waals surface area contributed by atoms with Gasteiger partial charge in [-0.3, -0.25) is 9.69 Å². The van der Waals surface area contributed by atoms with E-state index in [-0.39, 0.29) is 5.91 Å². The van der Waals surface area contributed by atoms with E-state index in [0.29, 0.717) is 12.1 Å². The van der Waals surface area contributed by atoms with E-state index in [1.807, 2.05) is 66.9 Å². The summed E-state index contributed by atoms with van der Waals surface area (Å²) in [6.45, 7) is 2.54. The predicted octanol–water partition coefficient (Wildman–Crippen LogP) is 6.17.